The Balaban J connectivity index is 1.73. The standard InChI is InChI=1S/C17H22FNO2/c1-21-14-6-7-15(16(18)10-14)17(20)19-9-8-12-4-2-3-5-13(12)11-19/h6-7,10,12-13H,2-5,8-9,11H2,1H3. The highest BCUT2D eigenvalue weighted by Crippen LogP contribution is 2.36. The number of fused-ring (bicyclic) bond motifs is 1. The van der Waals surface area contributed by atoms with Crippen LogP contribution in [0.1, 0.15) is 42.5 Å². The lowest BCUT2D eigenvalue weighted by atomic mass is 9.75. The summed E-state index contributed by atoms with van der Waals surface area (Å²) in [5.41, 5.74) is 0.157. The molecule has 2 aliphatic rings. The zero-order valence-electron chi connectivity index (χ0n) is 12.5. The summed E-state index contributed by atoms with van der Waals surface area (Å²) in [6.07, 6.45) is 6.15. The Morgan fingerprint density at radius 3 is 2.71 bits per heavy atom. The molecule has 2 fully saturated rings. The lowest BCUT2D eigenvalue weighted by Gasteiger charge is -2.41. The third-order valence-corrected chi connectivity index (χ3v) is 4.99. The number of amides is 1. The number of hydrogen-bond donors (Lipinski definition) is 0. The molecule has 1 aliphatic heterocycles. The van der Waals surface area contributed by atoms with E-state index in [4.69, 9.17) is 4.74 Å². The number of methoxy groups -OCH3 is 1. The zero-order chi connectivity index (χ0) is 14.8. The van der Waals surface area contributed by atoms with Gasteiger partial charge in [-0.05, 0) is 36.8 Å². The number of carbonyl (C=O) groups is 1. The number of hydrogen-bond acceptors (Lipinski definition) is 2. The largest absolute Gasteiger partial charge is 0.497 e. The molecule has 2 atom stereocenters. The van der Waals surface area contributed by atoms with Crippen LogP contribution in [0.2, 0.25) is 0 Å². The highest BCUT2D eigenvalue weighted by Gasteiger charge is 2.33. The number of benzene rings is 1. The summed E-state index contributed by atoms with van der Waals surface area (Å²) in [7, 11) is 1.49. The fourth-order valence-corrected chi connectivity index (χ4v) is 3.75. The number of nitrogens with zero attached hydrogens (tertiary/aromatic N) is 1. The molecule has 1 aromatic rings. The third kappa shape index (κ3) is 2.89. The molecule has 1 aliphatic carbocycles. The molecule has 3 rings (SSSR count). The van der Waals surface area contributed by atoms with Crippen molar-refractivity contribution in [1.29, 1.82) is 0 Å². The summed E-state index contributed by atoms with van der Waals surface area (Å²) in [4.78, 5) is 14.4. The van der Waals surface area contributed by atoms with E-state index in [0.717, 1.165) is 25.4 Å². The Labute approximate surface area is 125 Å². The van der Waals surface area contributed by atoms with E-state index in [9.17, 15) is 9.18 Å². The molecule has 1 heterocycles. The minimum Gasteiger partial charge on any atom is -0.497 e. The minimum absolute atomic E-state index is 0.157. The van der Waals surface area contributed by atoms with Crippen LogP contribution in [0.3, 0.4) is 0 Å². The van der Waals surface area contributed by atoms with Gasteiger partial charge in [-0.15, -0.1) is 0 Å². The molecule has 0 N–H and O–H groups in total. The van der Waals surface area contributed by atoms with Gasteiger partial charge in [0.25, 0.3) is 5.91 Å². The van der Waals surface area contributed by atoms with E-state index in [1.165, 1.54) is 44.9 Å². The van der Waals surface area contributed by atoms with Crippen LogP contribution in [-0.4, -0.2) is 31.0 Å². The summed E-state index contributed by atoms with van der Waals surface area (Å²) in [5, 5.41) is 0. The average Bonchev–Trinajstić information content (AvgIpc) is 2.53. The zero-order valence-corrected chi connectivity index (χ0v) is 12.5. The van der Waals surface area contributed by atoms with Gasteiger partial charge >= 0.3 is 0 Å². The lowest BCUT2D eigenvalue weighted by molar-refractivity contribution is 0.0516. The van der Waals surface area contributed by atoms with Crippen molar-refractivity contribution < 1.29 is 13.9 Å². The maximum absolute atomic E-state index is 14.0. The first-order valence-corrected chi connectivity index (χ1v) is 7.82. The molecule has 1 saturated heterocycles. The molecule has 21 heavy (non-hydrogen) atoms. The van der Waals surface area contributed by atoms with Crippen LogP contribution in [0.5, 0.6) is 5.75 Å². The van der Waals surface area contributed by atoms with Crippen molar-refractivity contribution in [2.24, 2.45) is 11.8 Å². The predicted octanol–water partition coefficient (Wildman–Crippen LogP) is 3.49. The summed E-state index contributed by atoms with van der Waals surface area (Å²) in [5.74, 6) is 1.14. The van der Waals surface area contributed by atoms with Crippen molar-refractivity contribution in [3.05, 3.63) is 29.6 Å². The van der Waals surface area contributed by atoms with E-state index in [-0.39, 0.29) is 11.5 Å². The molecule has 4 heteroatoms. The molecular weight excluding hydrogens is 269 g/mol. The molecule has 2 unspecified atom stereocenters. The van der Waals surface area contributed by atoms with Crippen LogP contribution < -0.4 is 4.74 Å². The summed E-state index contributed by atoms with van der Waals surface area (Å²) < 4.78 is 19.0. The van der Waals surface area contributed by atoms with Crippen molar-refractivity contribution in [2.75, 3.05) is 20.2 Å². The number of piperidine rings is 1. The maximum atomic E-state index is 14.0. The highest BCUT2D eigenvalue weighted by atomic mass is 19.1. The van der Waals surface area contributed by atoms with E-state index < -0.39 is 5.82 Å². The maximum Gasteiger partial charge on any atom is 0.256 e. The van der Waals surface area contributed by atoms with Gasteiger partial charge in [-0.25, -0.2) is 4.39 Å². The smallest absolute Gasteiger partial charge is 0.256 e. The van der Waals surface area contributed by atoms with Crippen LogP contribution in [-0.2, 0) is 0 Å². The third-order valence-electron chi connectivity index (χ3n) is 4.99. The normalized spacial score (nSPS) is 25.3. The first-order valence-electron chi connectivity index (χ1n) is 7.82. The number of ether oxygens (including phenoxy) is 1. The van der Waals surface area contributed by atoms with Crippen LogP contribution in [0.25, 0.3) is 0 Å². The summed E-state index contributed by atoms with van der Waals surface area (Å²) >= 11 is 0. The van der Waals surface area contributed by atoms with E-state index >= 15 is 0 Å². The molecule has 114 valence electrons. The first kappa shape index (κ1) is 14.4. The summed E-state index contributed by atoms with van der Waals surface area (Å²) in [6, 6.07) is 4.45. The van der Waals surface area contributed by atoms with Crippen molar-refractivity contribution in [3.8, 4) is 5.75 Å². The van der Waals surface area contributed by atoms with Gasteiger partial charge in [-0.1, -0.05) is 19.3 Å². The van der Waals surface area contributed by atoms with Gasteiger partial charge in [-0.2, -0.15) is 0 Å². The molecule has 0 spiro atoms. The molecule has 0 aromatic heterocycles. The van der Waals surface area contributed by atoms with Gasteiger partial charge in [0.05, 0.1) is 12.7 Å². The van der Waals surface area contributed by atoms with Crippen LogP contribution in [0.4, 0.5) is 4.39 Å². The highest BCUT2D eigenvalue weighted by molar-refractivity contribution is 5.94. The fourth-order valence-electron chi connectivity index (χ4n) is 3.75. The molecule has 0 radical (unpaired) electrons. The second kappa shape index (κ2) is 6.04. The van der Waals surface area contributed by atoms with Gasteiger partial charge in [-0.3, -0.25) is 4.79 Å². The van der Waals surface area contributed by atoms with Crippen molar-refractivity contribution in [3.63, 3.8) is 0 Å². The number of carbonyl (C=O) groups excluding carboxylic acids is 1. The van der Waals surface area contributed by atoms with Crippen LogP contribution in [0, 0.1) is 17.7 Å². The summed E-state index contributed by atoms with van der Waals surface area (Å²) in [6.45, 7) is 1.54. The van der Waals surface area contributed by atoms with Crippen molar-refractivity contribution in [2.45, 2.75) is 32.1 Å². The molecule has 0 bridgehead atoms. The van der Waals surface area contributed by atoms with Crippen molar-refractivity contribution in [1.82, 2.24) is 4.90 Å². The van der Waals surface area contributed by atoms with E-state index in [2.05, 4.69) is 0 Å². The van der Waals surface area contributed by atoms with Gasteiger partial charge in [0.1, 0.15) is 11.6 Å². The Morgan fingerprint density at radius 2 is 2.00 bits per heavy atom. The Hall–Kier alpha value is -1.58. The van der Waals surface area contributed by atoms with E-state index in [0.29, 0.717) is 11.7 Å². The number of halogens is 1. The average molecular weight is 291 g/mol. The van der Waals surface area contributed by atoms with Crippen molar-refractivity contribution >= 4 is 5.91 Å². The molecule has 3 nitrogen and oxygen atoms in total. The second-order valence-corrected chi connectivity index (χ2v) is 6.19. The Kier molecular flexibility index (Phi) is 4.13. The molecule has 1 saturated carbocycles. The quantitative estimate of drug-likeness (QED) is 0.835. The van der Waals surface area contributed by atoms with Crippen LogP contribution >= 0.6 is 0 Å². The molecule has 1 aromatic carbocycles. The van der Waals surface area contributed by atoms with E-state index in [1.54, 1.807) is 6.07 Å². The topological polar surface area (TPSA) is 29.5 Å². The minimum atomic E-state index is -0.495. The van der Waals surface area contributed by atoms with Gasteiger partial charge in [0.15, 0.2) is 0 Å². The van der Waals surface area contributed by atoms with E-state index in [1.807, 2.05) is 4.90 Å². The molecule has 1 amide bonds. The van der Waals surface area contributed by atoms with Gasteiger partial charge < -0.3 is 9.64 Å². The van der Waals surface area contributed by atoms with Gasteiger partial charge in [0, 0.05) is 19.2 Å². The van der Waals surface area contributed by atoms with Crippen LogP contribution in [0.15, 0.2) is 18.2 Å². The van der Waals surface area contributed by atoms with Gasteiger partial charge in [0.2, 0.25) is 0 Å². The first-order chi connectivity index (χ1) is 10.2. The Morgan fingerprint density at radius 1 is 1.24 bits per heavy atom. The molecular formula is C17H22FNO2. The Bertz CT molecular complexity index is 532. The number of rotatable bonds is 2. The fraction of sp³-hybridized carbons (Fsp3) is 0.588. The lowest BCUT2D eigenvalue weighted by Crippen LogP contribution is -2.45. The monoisotopic (exact) mass is 291 g/mol. The second-order valence-electron chi connectivity index (χ2n) is 6.19. The predicted molar refractivity (Wildman–Crippen MR) is 78.9 cm³/mol. The number of likely N-dealkylation sites (tertiary alicyclic amines) is 1. The SMILES string of the molecule is COc1ccc(C(=O)N2CCC3CCCCC3C2)c(F)c1.